The summed E-state index contributed by atoms with van der Waals surface area (Å²) in [5, 5.41) is 8.56. The minimum atomic E-state index is -0.937. The van der Waals surface area contributed by atoms with Gasteiger partial charge in [-0.05, 0) is 0 Å². The van der Waals surface area contributed by atoms with E-state index in [9.17, 15) is 4.79 Å². The van der Waals surface area contributed by atoms with E-state index in [-0.39, 0.29) is 6.42 Å². The van der Waals surface area contributed by atoms with Crippen molar-refractivity contribution in [3.05, 3.63) is 24.3 Å². The van der Waals surface area contributed by atoms with E-state index >= 15 is 0 Å². The fourth-order valence-electron chi connectivity index (χ4n) is 1.15. The Morgan fingerprint density at radius 1 is 1.58 bits per heavy atom. The monoisotopic (exact) mass is 168 g/mol. The quantitative estimate of drug-likeness (QED) is 0.524. The molecule has 0 aromatic carbocycles. The van der Waals surface area contributed by atoms with Gasteiger partial charge in [-0.2, -0.15) is 0 Å². The maximum absolute atomic E-state index is 10.4. The molecule has 0 heterocycles. The first-order valence-electron chi connectivity index (χ1n) is 3.67. The number of rotatable bonds is 2. The van der Waals surface area contributed by atoms with E-state index in [1.54, 1.807) is 24.3 Å². The van der Waals surface area contributed by atoms with E-state index in [4.69, 9.17) is 16.6 Å². The van der Waals surface area contributed by atoms with Crippen LogP contribution in [-0.4, -0.2) is 22.7 Å². The first-order valence-corrected chi connectivity index (χ1v) is 3.67. The summed E-state index contributed by atoms with van der Waals surface area (Å²) in [5.74, 6) is -0.937. The van der Waals surface area contributed by atoms with Gasteiger partial charge in [-0.1, -0.05) is 24.3 Å². The average Bonchev–Trinajstić information content (AvgIpc) is 1.94. The predicted octanol–water partition coefficient (Wildman–Crippen LogP) is -0.388. The smallest absolute Gasteiger partial charge is 0.305 e. The Kier molecular flexibility index (Phi) is 2.30. The Hall–Kier alpha value is -1.13. The van der Waals surface area contributed by atoms with Gasteiger partial charge in [0.1, 0.15) is 0 Å². The lowest BCUT2D eigenvalue weighted by molar-refractivity contribution is -0.138. The fraction of sp³-hybridized carbons (Fsp3) is 0.375. The van der Waals surface area contributed by atoms with E-state index in [1.165, 1.54) is 0 Å². The van der Waals surface area contributed by atoms with Gasteiger partial charge in [0.25, 0.3) is 0 Å². The summed E-state index contributed by atoms with van der Waals surface area (Å²) in [6.07, 6.45) is 6.66. The molecule has 0 aliphatic heterocycles. The third-order valence-corrected chi connectivity index (χ3v) is 1.91. The summed E-state index contributed by atoms with van der Waals surface area (Å²) in [5.41, 5.74) is 10.5. The zero-order valence-corrected chi connectivity index (χ0v) is 6.60. The van der Waals surface area contributed by atoms with Gasteiger partial charge < -0.3 is 16.6 Å². The van der Waals surface area contributed by atoms with E-state index < -0.39 is 17.6 Å². The van der Waals surface area contributed by atoms with Crippen LogP contribution in [0.3, 0.4) is 0 Å². The maximum Gasteiger partial charge on any atom is 0.305 e. The highest BCUT2D eigenvalue weighted by molar-refractivity contribution is 5.69. The second-order valence-electron chi connectivity index (χ2n) is 2.95. The number of aliphatic carboxylic acids is 1. The number of carboxylic acid groups (broad SMARTS) is 1. The average molecular weight is 168 g/mol. The van der Waals surface area contributed by atoms with Crippen LogP contribution in [-0.2, 0) is 4.79 Å². The molecule has 2 atom stereocenters. The van der Waals surface area contributed by atoms with E-state index in [0.717, 1.165) is 0 Å². The zero-order valence-electron chi connectivity index (χ0n) is 6.60. The van der Waals surface area contributed by atoms with Crippen molar-refractivity contribution in [3.8, 4) is 0 Å². The summed E-state index contributed by atoms with van der Waals surface area (Å²) in [6.45, 7) is 0. The largest absolute Gasteiger partial charge is 0.481 e. The molecule has 0 saturated carbocycles. The third kappa shape index (κ3) is 1.72. The molecule has 0 aromatic heterocycles. The number of hydrogen-bond donors (Lipinski definition) is 3. The summed E-state index contributed by atoms with van der Waals surface area (Å²) >= 11 is 0. The number of nitrogens with two attached hydrogens (primary N) is 2. The Labute approximate surface area is 70.5 Å². The van der Waals surface area contributed by atoms with E-state index in [1.807, 2.05) is 0 Å². The van der Waals surface area contributed by atoms with Gasteiger partial charge in [0, 0.05) is 6.04 Å². The highest BCUT2D eigenvalue weighted by atomic mass is 16.4. The van der Waals surface area contributed by atoms with Gasteiger partial charge in [-0.3, -0.25) is 4.79 Å². The van der Waals surface area contributed by atoms with Crippen LogP contribution in [0.1, 0.15) is 6.42 Å². The van der Waals surface area contributed by atoms with Gasteiger partial charge in [-0.15, -0.1) is 0 Å². The molecule has 4 nitrogen and oxygen atoms in total. The molecule has 5 N–H and O–H groups in total. The van der Waals surface area contributed by atoms with Crippen molar-refractivity contribution in [2.75, 3.05) is 0 Å². The SMILES string of the molecule is NC1C=CC=CC1(N)CC(=O)O. The lowest BCUT2D eigenvalue weighted by atomic mass is 9.85. The summed E-state index contributed by atoms with van der Waals surface area (Å²) in [4.78, 5) is 10.4. The molecule has 4 heteroatoms. The van der Waals surface area contributed by atoms with Crippen molar-refractivity contribution < 1.29 is 9.90 Å². The second-order valence-corrected chi connectivity index (χ2v) is 2.95. The van der Waals surface area contributed by atoms with E-state index in [2.05, 4.69) is 0 Å². The van der Waals surface area contributed by atoms with Crippen molar-refractivity contribution in [2.45, 2.75) is 18.0 Å². The first-order chi connectivity index (χ1) is 5.54. The Morgan fingerprint density at radius 3 is 2.75 bits per heavy atom. The maximum atomic E-state index is 10.4. The molecular formula is C8H12N2O2. The lowest BCUT2D eigenvalue weighted by Gasteiger charge is -2.30. The molecule has 0 amide bonds. The van der Waals surface area contributed by atoms with Crippen LogP contribution in [0.25, 0.3) is 0 Å². The van der Waals surface area contributed by atoms with Crippen LogP contribution in [0.4, 0.5) is 0 Å². The minimum absolute atomic E-state index is 0.144. The lowest BCUT2D eigenvalue weighted by Crippen LogP contribution is -2.54. The van der Waals surface area contributed by atoms with Crippen molar-refractivity contribution in [1.82, 2.24) is 0 Å². The van der Waals surface area contributed by atoms with Gasteiger partial charge in [0.05, 0.1) is 12.0 Å². The highest BCUT2D eigenvalue weighted by Gasteiger charge is 2.31. The summed E-state index contributed by atoms with van der Waals surface area (Å²) in [7, 11) is 0. The molecule has 0 aromatic rings. The molecule has 0 radical (unpaired) electrons. The molecular weight excluding hydrogens is 156 g/mol. The van der Waals surface area contributed by atoms with Gasteiger partial charge in [-0.25, -0.2) is 0 Å². The Bertz CT molecular complexity index is 247. The molecule has 1 rings (SSSR count). The molecule has 1 aliphatic rings. The van der Waals surface area contributed by atoms with Crippen LogP contribution in [0.5, 0.6) is 0 Å². The third-order valence-electron chi connectivity index (χ3n) is 1.91. The van der Waals surface area contributed by atoms with Crippen molar-refractivity contribution in [3.63, 3.8) is 0 Å². The molecule has 66 valence electrons. The number of hydrogen-bond acceptors (Lipinski definition) is 3. The normalized spacial score (nSPS) is 33.7. The van der Waals surface area contributed by atoms with Crippen molar-refractivity contribution in [1.29, 1.82) is 0 Å². The number of allylic oxidation sites excluding steroid dienone is 2. The van der Waals surface area contributed by atoms with Crippen molar-refractivity contribution in [2.24, 2.45) is 11.5 Å². The van der Waals surface area contributed by atoms with Gasteiger partial charge in [0.2, 0.25) is 0 Å². The number of carbonyl (C=O) groups is 1. The molecule has 0 saturated heterocycles. The highest BCUT2D eigenvalue weighted by Crippen LogP contribution is 2.17. The molecule has 0 spiro atoms. The number of carboxylic acids is 1. The standard InChI is InChI=1S/C8H12N2O2/c9-6-3-1-2-4-8(6,10)5-7(11)12/h1-4,6H,5,9-10H2,(H,11,12). The molecule has 0 fully saturated rings. The zero-order chi connectivity index (χ0) is 9.19. The Balaban J connectivity index is 2.76. The molecule has 1 aliphatic carbocycles. The van der Waals surface area contributed by atoms with Crippen LogP contribution in [0.2, 0.25) is 0 Å². The Morgan fingerprint density at radius 2 is 2.25 bits per heavy atom. The second kappa shape index (κ2) is 3.08. The molecule has 12 heavy (non-hydrogen) atoms. The summed E-state index contributed by atoms with van der Waals surface area (Å²) in [6, 6.07) is -0.418. The topological polar surface area (TPSA) is 89.3 Å². The minimum Gasteiger partial charge on any atom is -0.481 e. The van der Waals surface area contributed by atoms with Crippen LogP contribution in [0, 0.1) is 0 Å². The molecule has 2 unspecified atom stereocenters. The van der Waals surface area contributed by atoms with Crippen LogP contribution in [0.15, 0.2) is 24.3 Å². The first kappa shape index (κ1) is 8.96. The van der Waals surface area contributed by atoms with E-state index in [0.29, 0.717) is 0 Å². The fourth-order valence-corrected chi connectivity index (χ4v) is 1.15. The van der Waals surface area contributed by atoms with Crippen LogP contribution < -0.4 is 11.5 Å². The predicted molar refractivity (Wildman–Crippen MR) is 45.4 cm³/mol. The van der Waals surface area contributed by atoms with Crippen molar-refractivity contribution >= 4 is 5.97 Å². The van der Waals surface area contributed by atoms with Gasteiger partial charge in [0.15, 0.2) is 0 Å². The summed E-state index contributed by atoms with van der Waals surface area (Å²) < 4.78 is 0. The van der Waals surface area contributed by atoms with Gasteiger partial charge >= 0.3 is 5.97 Å². The molecule has 0 bridgehead atoms. The van der Waals surface area contributed by atoms with Crippen LogP contribution >= 0.6 is 0 Å².